The molecule has 2 aliphatic heterocycles. The lowest BCUT2D eigenvalue weighted by molar-refractivity contribution is -0.123. The molecule has 2 aromatic rings. The van der Waals surface area contributed by atoms with Crippen LogP contribution in [0.15, 0.2) is 29.6 Å². The van der Waals surface area contributed by atoms with E-state index in [1.807, 2.05) is 29.6 Å². The first-order chi connectivity index (χ1) is 12.2. The lowest BCUT2D eigenvalue weighted by Gasteiger charge is -2.25. The Hall–Kier alpha value is -2.41. The number of rotatable bonds is 4. The van der Waals surface area contributed by atoms with E-state index in [4.69, 9.17) is 0 Å². The summed E-state index contributed by atoms with van der Waals surface area (Å²) in [6, 6.07) is 7.75. The maximum absolute atomic E-state index is 12.8. The van der Waals surface area contributed by atoms with Crippen LogP contribution in [0.5, 0.6) is 0 Å². The average molecular weight is 356 g/mol. The summed E-state index contributed by atoms with van der Waals surface area (Å²) < 4.78 is 0. The first-order valence-corrected chi connectivity index (χ1v) is 9.44. The Labute approximate surface area is 150 Å². The summed E-state index contributed by atoms with van der Waals surface area (Å²) in [4.78, 5) is 33.1. The molecule has 1 fully saturated rings. The van der Waals surface area contributed by atoms with Gasteiger partial charge >= 0.3 is 0 Å². The van der Waals surface area contributed by atoms with E-state index in [1.165, 1.54) is 0 Å². The molecule has 0 aromatic carbocycles. The molecule has 6 nitrogen and oxygen atoms in total. The van der Waals surface area contributed by atoms with Crippen molar-refractivity contribution in [2.45, 2.75) is 19.4 Å². The molecule has 4 rings (SSSR count). The number of carbonyl (C=O) groups excluding carboxylic acids is 2. The second-order valence-corrected chi connectivity index (χ2v) is 7.39. The van der Waals surface area contributed by atoms with Gasteiger partial charge in [-0.3, -0.25) is 9.59 Å². The van der Waals surface area contributed by atoms with Crippen LogP contribution in [0.25, 0.3) is 0 Å². The van der Waals surface area contributed by atoms with Gasteiger partial charge in [-0.1, -0.05) is 6.07 Å². The van der Waals surface area contributed by atoms with Gasteiger partial charge in [-0.2, -0.15) is 0 Å². The van der Waals surface area contributed by atoms with Crippen molar-refractivity contribution in [1.82, 2.24) is 10.3 Å². The van der Waals surface area contributed by atoms with Gasteiger partial charge in [0.1, 0.15) is 17.4 Å². The molecular formula is C18H20N4O2S. The second kappa shape index (κ2) is 6.84. The molecule has 0 bridgehead atoms. The standard InChI is InChI=1S/C18H20N4O2S/c23-17-13(18(24)20-10-12-4-3-9-25-12)11-19-14-5-6-15(21-16(14)17)22-7-1-2-8-22/h3-6,9,13,19H,1-2,7-8,10-11H2,(H,20,24). The molecule has 0 spiro atoms. The second-order valence-electron chi connectivity index (χ2n) is 6.35. The van der Waals surface area contributed by atoms with E-state index in [-0.39, 0.29) is 11.7 Å². The minimum Gasteiger partial charge on any atom is -0.382 e. The van der Waals surface area contributed by atoms with Gasteiger partial charge < -0.3 is 15.5 Å². The number of ketones is 1. The number of anilines is 2. The van der Waals surface area contributed by atoms with Crippen LogP contribution in [-0.2, 0) is 11.3 Å². The number of hydrogen-bond donors (Lipinski definition) is 2. The third kappa shape index (κ3) is 3.24. The van der Waals surface area contributed by atoms with Crippen molar-refractivity contribution < 1.29 is 9.59 Å². The van der Waals surface area contributed by atoms with Crippen molar-refractivity contribution in [2.75, 3.05) is 29.9 Å². The molecule has 2 N–H and O–H groups in total. The van der Waals surface area contributed by atoms with E-state index < -0.39 is 5.92 Å². The van der Waals surface area contributed by atoms with E-state index in [0.717, 1.165) is 42.3 Å². The van der Waals surface area contributed by atoms with Crippen LogP contribution in [0, 0.1) is 5.92 Å². The zero-order valence-corrected chi connectivity index (χ0v) is 14.6. The van der Waals surface area contributed by atoms with Gasteiger partial charge in [-0.05, 0) is 36.4 Å². The van der Waals surface area contributed by atoms with Crippen molar-refractivity contribution >= 4 is 34.5 Å². The van der Waals surface area contributed by atoms with Crippen LogP contribution in [0.4, 0.5) is 11.5 Å². The van der Waals surface area contributed by atoms with Gasteiger partial charge in [0.05, 0.1) is 12.2 Å². The Kier molecular flexibility index (Phi) is 4.40. The molecule has 25 heavy (non-hydrogen) atoms. The van der Waals surface area contributed by atoms with Crippen LogP contribution in [0.3, 0.4) is 0 Å². The van der Waals surface area contributed by atoms with E-state index in [9.17, 15) is 9.59 Å². The number of nitrogens with zero attached hydrogens (tertiary/aromatic N) is 2. The largest absolute Gasteiger partial charge is 0.382 e. The molecule has 1 amide bonds. The van der Waals surface area contributed by atoms with Crippen LogP contribution in [0.2, 0.25) is 0 Å². The fraction of sp³-hybridized carbons (Fsp3) is 0.389. The highest BCUT2D eigenvalue weighted by atomic mass is 32.1. The topological polar surface area (TPSA) is 74.3 Å². The highest BCUT2D eigenvalue weighted by molar-refractivity contribution is 7.09. The number of pyridine rings is 1. The normalized spacial score (nSPS) is 19.4. The Bertz CT molecular complexity index is 784. The smallest absolute Gasteiger partial charge is 0.233 e. The number of thiophene rings is 1. The fourth-order valence-corrected chi connectivity index (χ4v) is 3.94. The van der Waals surface area contributed by atoms with Crippen LogP contribution in [0.1, 0.15) is 28.2 Å². The molecule has 1 saturated heterocycles. The molecule has 130 valence electrons. The van der Waals surface area contributed by atoms with Crippen molar-refractivity contribution in [3.63, 3.8) is 0 Å². The van der Waals surface area contributed by atoms with E-state index in [1.54, 1.807) is 11.3 Å². The predicted molar refractivity (Wildman–Crippen MR) is 98.2 cm³/mol. The Balaban J connectivity index is 1.49. The fourth-order valence-electron chi connectivity index (χ4n) is 3.29. The summed E-state index contributed by atoms with van der Waals surface area (Å²) in [6.45, 7) is 2.71. The molecule has 2 aliphatic rings. The lowest BCUT2D eigenvalue weighted by Crippen LogP contribution is -2.42. The molecule has 0 aliphatic carbocycles. The minimum absolute atomic E-state index is 0.196. The number of nitrogens with one attached hydrogen (secondary N) is 2. The third-order valence-electron chi connectivity index (χ3n) is 4.69. The molecular weight excluding hydrogens is 336 g/mol. The molecule has 0 saturated carbocycles. The Morgan fingerprint density at radius 2 is 2.16 bits per heavy atom. The molecule has 7 heteroatoms. The Morgan fingerprint density at radius 1 is 1.32 bits per heavy atom. The van der Waals surface area contributed by atoms with Gasteiger partial charge in [0, 0.05) is 24.5 Å². The lowest BCUT2D eigenvalue weighted by atomic mass is 9.95. The minimum atomic E-state index is -0.728. The summed E-state index contributed by atoms with van der Waals surface area (Å²) in [5.41, 5.74) is 1.10. The molecule has 1 unspecified atom stereocenters. The number of aromatic nitrogens is 1. The third-order valence-corrected chi connectivity index (χ3v) is 5.57. The predicted octanol–water partition coefficient (Wildman–Crippen LogP) is 2.28. The molecule has 1 atom stereocenters. The maximum Gasteiger partial charge on any atom is 0.233 e. The average Bonchev–Trinajstić information content (AvgIpc) is 3.33. The van der Waals surface area contributed by atoms with Gasteiger partial charge in [-0.15, -0.1) is 11.3 Å². The van der Waals surface area contributed by atoms with E-state index in [0.29, 0.717) is 18.8 Å². The van der Waals surface area contributed by atoms with Gasteiger partial charge in [0.15, 0.2) is 5.78 Å². The maximum atomic E-state index is 12.8. The molecule has 4 heterocycles. The number of Topliss-reactive ketones (excluding diaryl/α,β-unsaturated/α-hetero) is 1. The van der Waals surface area contributed by atoms with Crippen molar-refractivity contribution in [2.24, 2.45) is 5.92 Å². The number of amides is 1. The quantitative estimate of drug-likeness (QED) is 0.822. The van der Waals surface area contributed by atoms with Gasteiger partial charge in [-0.25, -0.2) is 4.98 Å². The van der Waals surface area contributed by atoms with Crippen molar-refractivity contribution in [3.05, 3.63) is 40.2 Å². The number of fused-ring (bicyclic) bond motifs is 1. The molecule has 2 aromatic heterocycles. The van der Waals surface area contributed by atoms with Crippen molar-refractivity contribution in [3.8, 4) is 0 Å². The number of carbonyl (C=O) groups is 2. The van der Waals surface area contributed by atoms with Gasteiger partial charge in [0.2, 0.25) is 5.91 Å². The summed E-state index contributed by atoms with van der Waals surface area (Å²) in [5.74, 6) is -0.344. The Morgan fingerprint density at radius 3 is 2.92 bits per heavy atom. The highest BCUT2D eigenvalue weighted by Gasteiger charge is 2.34. The van der Waals surface area contributed by atoms with Crippen LogP contribution in [-0.4, -0.2) is 36.3 Å². The summed E-state index contributed by atoms with van der Waals surface area (Å²) >= 11 is 1.58. The van der Waals surface area contributed by atoms with Crippen molar-refractivity contribution in [1.29, 1.82) is 0 Å². The molecule has 0 radical (unpaired) electrons. The SMILES string of the molecule is O=C(NCc1cccs1)C1CNc2ccc(N3CCCC3)nc2C1=O. The summed E-state index contributed by atoms with van der Waals surface area (Å²) in [6.07, 6.45) is 2.30. The highest BCUT2D eigenvalue weighted by Crippen LogP contribution is 2.27. The van der Waals surface area contributed by atoms with Gasteiger partial charge in [0.25, 0.3) is 0 Å². The van der Waals surface area contributed by atoms with E-state index >= 15 is 0 Å². The van der Waals surface area contributed by atoms with Crippen LogP contribution >= 0.6 is 11.3 Å². The first-order valence-electron chi connectivity index (χ1n) is 8.56. The van der Waals surface area contributed by atoms with E-state index in [2.05, 4.69) is 20.5 Å². The summed E-state index contributed by atoms with van der Waals surface area (Å²) in [5, 5.41) is 8.00. The monoisotopic (exact) mass is 356 g/mol. The number of hydrogen-bond acceptors (Lipinski definition) is 6. The zero-order chi connectivity index (χ0) is 17.2. The summed E-state index contributed by atoms with van der Waals surface area (Å²) in [7, 11) is 0. The van der Waals surface area contributed by atoms with Crippen LogP contribution < -0.4 is 15.5 Å². The first kappa shape index (κ1) is 16.1. The zero-order valence-electron chi connectivity index (χ0n) is 13.8.